The van der Waals surface area contributed by atoms with E-state index in [2.05, 4.69) is 15.4 Å². The molecular weight excluding hydrogens is 532 g/mol. The summed E-state index contributed by atoms with van der Waals surface area (Å²) in [6.07, 6.45) is 4.70. The summed E-state index contributed by atoms with van der Waals surface area (Å²) in [7, 11) is 2.48. The molecule has 1 aromatic carbocycles. The third-order valence-corrected chi connectivity index (χ3v) is 7.71. The van der Waals surface area contributed by atoms with Crippen molar-refractivity contribution in [3.05, 3.63) is 54.5 Å². The molecule has 0 bridgehead atoms. The summed E-state index contributed by atoms with van der Waals surface area (Å²) in [6.45, 7) is 6.40. The Balaban J connectivity index is 1.48. The minimum Gasteiger partial charge on any atom is -0.495 e. The molecule has 0 radical (unpaired) electrons. The third kappa shape index (κ3) is 5.71. The van der Waals surface area contributed by atoms with Crippen LogP contribution in [0.25, 0.3) is 22.2 Å². The van der Waals surface area contributed by atoms with Gasteiger partial charge in [0.25, 0.3) is 5.91 Å². The highest BCUT2D eigenvalue weighted by Gasteiger charge is 2.25. The quantitative estimate of drug-likeness (QED) is 0.383. The summed E-state index contributed by atoms with van der Waals surface area (Å²) in [5.41, 5.74) is 2.41. The topological polar surface area (TPSA) is 121 Å². The highest BCUT2D eigenvalue weighted by molar-refractivity contribution is 7.85. The van der Waals surface area contributed by atoms with Crippen molar-refractivity contribution in [3.8, 4) is 17.0 Å². The number of nitrogens with zero attached hydrogens (tertiary/aromatic N) is 5. The number of ether oxygens (including phenoxy) is 2. The minimum absolute atomic E-state index is 0.126. The number of methoxy groups -OCH3 is 1. The van der Waals surface area contributed by atoms with E-state index >= 15 is 0 Å². The number of hydrogen-bond acceptors (Lipinski definition) is 8. The molecule has 40 heavy (non-hydrogen) atoms. The molecule has 0 saturated carbocycles. The maximum Gasteiger partial charge on any atom is 0.419 e. The van der Waals surface area contributed by atoms with Crippen LogP contribution in [0.3, 0.4) is 0 Å². The predicted octanol–water partition coefficient (Wildman–Crippen LogP) is 4.18. The van der Waals surface area contributed by atoms with Crippen LogP contribution in [0.5, 0.6) is 5.75 Å². The normalized spacial score (nSPS) is 14.4. The number of anilines is 2. The minimum atomic E-state index is -0.865. The maximum absolute atomic E-state index is 13.4. The molecule has 0 aliphatic carbocycles. The van der Waals surface area contributed by atoms with Gasteiger partial charge in [-0.25, -0.2) is 14.3 Å². The Hall–Kier alpha value is -4.19. The Morgan fingerprint density at radius 3 is 2.48 bits per heavy atom. The van der Waals surface area contributed by atoms with E-state index in [1.54, 1.807) is 46.2 Å². The number of pyridine rings is 1. The van der Waals surface area contributed by atoms with E-state index in [4.69, 9.17) is 9.47 Å². The average Bonchev–Trinajstić information content (AvgIpc) is 3.51. The Bertz CT molecular complexity index is 1610. The second-order valence-corrected chi connectivity index (χ2v) is 12.3. The van der Waals surface area contributed by atoms with Crippen molar-refractivity contribution in [2.24, 2.45) is 7.05 Å². The molecule has 1 amide bonds. The van der Waals surface area contributed by atoms with E-state index in [1.807, 2.05) is 40.1 Å². The summed E-state index contributed by atoms with van der Waals surface area (Å²) in [4.78, 5) is 32.6. The molecular formula is C28H32N6O5S. The summed E-state index contributed by atoms with van der Waals surface area (Å²) >= 11 is 0. The first-order valence-corrected chi connectivity index (χ1v) is 14.3. The number of benzene rings is 1. The summed E-state index contributed by atoms with van der Waals surface area (Å²) in [6, 6.07) is 8.81. The fourth-order valence-corrected chi connectivity index (χ4v) is 5.58. The van der Waals surface area contributed by atoms with Crippen molar-refractivity contribution in [2.75, 3.05) is 37.0 Å². The third-order valence-electron chi connectivity index (χ3n) is 6.44. The van der Waals surface area contributed by atoms with Crippen molar-refractivity contribution in [3.63, 3.8) is 0 Å². The first-order valence-electron chi connectivity index (χ1n) is 12.9. The fraction of sp³-hybridized carbons (Fsp3) is 0.357. The zero-order valence-corrected chi connectivity index (χ0v) is 23.9. The monoisotopic (exact) mass is 564 g/mol. The van der Waals surface area contributed by atoms with Crippen molar-refractivity contribution in [1.82, 2.24) is 24.2 Å². The van der Waals surface area contributed by atoms with E-state index in [-0.39, 0.29) is 5.91 Å². The van der Waals surface area contributed by atoms with Crippen LogP contribution >= 0.6 is 0 Å². The molecule has 5 rings (SSSR count). The second kappa shape index (κ2) is 10.8. The first-order chi connectivity index (χ1) is 19.0. The SMILES string of the molecule is COc1cc(C(=O)N2CCS(=O)CC2)ccc1Nc1cc2c(cn1)cc(-c1cnn(C)c1)n2C(=O)OC(C)(C)C. The number of carbonyl (C=O) groups is 2. The Kier molecular flexibility index (Phi) is 7.37. The van der Waals surface area contributed by atoms with Crippen LogP contribution in [-0.4, -0.2) is 77.7 Å². The second-order valence-electron chi connectivity index (χ2n) is 10.6. The van der Waals surface area contributed by atoms with Crippen molar-refractivity contribution in [1.29, 1.82) is 0 Å². The van der Waals surface area contributed by atoms with E-state index < -0.39 is 22.5 Å². The van der Waals surface area contributed by atoms with Gasteiger partial charge in [0.15, 0.2) is 0 Å². The molecule has 4 heterocycles. The van der Waals surface area contributed by atoms with Crippen LogP contribution in [0.2, 0.25) is 0 Å². The lowest BCUT2D eigenvalue weighted by Gasteiger charge is -2.26. The lowest BCUT2D eigenvalue weighted by Crippen LogP contribution is -2.41. The van der Waals surface area contributed by atoms with Gasteiger partial charge < -0.3 is 19.7 Å². The van der Waals surface area contributed by atoms with E-state index in [0.717, 1.165) is 10.9 Å². The highest BCUT2D eigenvalue weighted by atomic mass is 32.2. The van der Waals surface area contributed by atoms with Crippen LogP contribution in [0.4, 0.5) is 16.3 Å². The van der Waals surface area contributed by atoms with Crippen LogP contribution in [0, 0.1) is 0 Å². The number of aryl methyl sites for hydroxylation is 1. The number of carbonyl (C=O) groups excluding carboxylic acids is 2. The standard InChI is InChI=1S/C28H32N6O5S/c1-28(2,3)39-27(36)34-22(20-16-30-32(4)17-20)12-19-15-29-25(14-23(19)34)31-21-7-6-18(13-24(21)38-5)26(35)33-8-10-40(37)11-9-33/h6-7,12-17H,8-11H2,1-5H3,(H,29,31). The van der Waals surface area contributed by atoms with E-state index in [1.165, 1.54) is 11.7 Å². The molecule has 11 nitrogen and oxygen atoms in total. The lowest BCUT2D eigenvalue weighted by atomic mass is 10.1. The zero-order valence-electron chi connectivity index (χ0n) is 23.1. The largest absolute Gasteiger partial charge is 0.495 e. The van der Waals surface area contributed by atoms with Gasteiger partial charge in [-0.2, -0.15) is 5.10 Å². The van der Waals surface area contributed by atoms with Crippen LogP contribution in [0.1, 0.15) is 31.1 Å². The summed E-state index contributed by atoms with van der Waals surface area (Å²) in [5, 5.41) is 8.26. The van der Waals surface area contributed by atoms with Crippen molar-refractivity contribution >= 4 is 45.2 Å². The molecule has 1 fully saturated rings. The van der Waals surface area contributed by atoms with Crippen molar-refractivity contribution in [2.45, 2.75) is 26.4 Å². The van der Waals surface area contributed by atoms with E-state index in [0.29, 0.717) is 58.6 Å². The molecule has 1 N–H and O–H groups in total. The van der Waals surface area contributed by atoms with Crippen LogP contribution < -0.4 is 10.1 Å². The van der Waals surface area contributed by atoms with Gasteiger partial charge in [-0.05, 0) is 45.0 Å². The van der Waals surface area contributed by atoms with Gasteiger partial charge in [0.2, 0.25) is 0 Å². The molecule has 4 aromatic rings. The Labute approximate surface area is 234 Å². The molecule has 0 spiro atoms. The summed E-state index contributed by atoms with van der Waals surface area (Å²) in [5.74, 6) is 1.80. The van der Waals surface area contributed by atoms with Gasteiger partial charge >= 0.3 is 6.09 Å². The number of amides is 1. The molecule has 210 valence electrons. The number of nitrogens with one attached hydrogen (secondary N) is 1. The fourth-order valence-electron chi connectivity index (χ4n) is 4.53. The van der Waals surface area contributed by atoms with Gasteiger partial charge in [-0.1, -0.05) is 0 Å². The number of aromatic nitrogens is 4. The molecule has 3 aromatic heterocycles. The van der Waals surface area contributed by atoms with Crippen LogP contribution in [0.15, 0.2) is 48.9 Å². The Morgan fingerprint density at radius 1 is 1.07 bits per heavy atom. The van der Waals surface area contributed by atoms with Gasteiger partial charge in [0.1, 0.15) is 17.2 Å². The number of hydrogen-bond donors (Lipinski definition) is 1. The molecule has 0 atom stereocenters. The molecule has 0 unspecified atom stereocenters. The van der Waals surface area contributed by atoms with Gasteiger partial charge in [-0.3, -0.25) is 13.7 Å². The molecule has 1 saturated heterocycles. The van der Waals surface area contributed by atoms with Gasteiger partial charge in [0, 0.05) is 77.4 Å². The molecule has 1 aliphatic rings. The number of rotatable bonds is 5. The van der Waals surface area contributed by atoms with E-state index in [9.17, 15) is 13.8 Å². The lowest BCUT2D eigenvalue weighted by molar-refractivity contribution is 0.0547. The maximum atomic E-state index is 13.4. The van der Waals surface area contributed by atoms with Gasteiger partial charge in [0.05, 0.1) is 30.2 Å². The zero-order chi connectivity index (χ0) is 28.6. The smallest absolute Gasteiger partial charge is 0.419 e. The average molecular weight is 565 g/mol. The van der Waals surface area contributed by atoms with Gasteiger partial charge in [-0.15, -0.1) is 0 Å². The molecule has 1 aliphatic heterocycles. The van der Waals surface area contributed by atoms with Crippen molar-refractivity contribution < 1.29 is 23.3 Å². The first kappa shape index (κ1) is 27.4. The Morgan fingerprint density at radius 2 is 1.82 bits per heavy atom. The number of fused-ring (bicyclic) bond motifs is 1. The summed E-state index contributed by atoms with van der Waals surface area (Å²) < 4.78 is 26.2. The van der Waals surface area contributed by atoms with Crippen LogP contribution in [-0.2, 0) is 22.6 Å². The predicted molar refractivity (Wildman–Crippen MR) is 154 cm³/mol. The highest BCUT2D eigenvalue weighted by Crippen LogP contribution is 2.33. The molecule has 12 heteroatoms.